The number of hydrogen-bond donors (Lipinski definition) is 0. The highest BCUT2D eigenvalue weighted by Crippen LogP contribution is 2.15. The highest BCUT2D eigenvalue weighted by molar-refractivity contribution is 5.71. The van der Waals surface area contributed by atoms with Crippen molar-refractivity contribution in [3.8, 4) is 0 Å². The summed E-state index contributed by atoms with van der Waals surface area (Å²) >= 11 is 0. The van der Waals surface area contributed by atoms with E-state index in [0.717, 1.165) is 141 Å². The first kappa shape index (κ1) is 70.8. The van der Waals surface area contributed by atoms with Crippen LogP contribution in [0.4, 0.5) is 0 Å². The molecule has 0 N–H and O–H groups in total. The van der Waals surface area contributed by atoms with Gasteiger partial charge >= 0.3 is 17.9 Å². The van der Waals surface area contributed by atoms with Crippen LogP contribution < -0.4 is 0 Å². The number of allylic oxidation sites excluding steroid dienone is 20. The normalized spacial score (nSPS) is 12.9. The van der Waals surface area contributed by atoms with Gasteiger partial charge in [0, 0.05) is 19.3 Å². The molecule has 6 heteroatoms. The molecule has 0 spiro atoms. The molecule has 0 aromatic heterocycles. The second-order valence-corrected chi connectivity index (χ2v) is 20.2. The van der Waals surface area contributed by atoms with Crippen LogP contribution in [0.5, 0.6) is 0 Å². The minimum Gasteiger partial charge on any atom is -0.462 e. The fourth-order valence-electron chi connectivity index (χ4n) is 8.28. The van der Waals surface area contributed by atoms with Crippen LogP contribution in [-0.4, -0.2) is 37.2 Å². The highest BCUT2D eigenvalue weighted by Gasteiger charge is 2.19. The van der Waals surface area contributed by atoms with Gasteiger partial charge in [0.2, 0.25) is 0 Å². The van der Waals surface area contributed by atoms with Gasteiger partial charge in [-0.1, -0.05) is 251 Å². The lowest BCUT2D eigenvalue weighted by atomic mass is 10.1. The molecule has 0 aromatic rings. The molecule has 0 amide bonds. The number of carbonyl (C=O) groups excluding carboxylic acids is 3. The SMILES string of the molecule is CC/C=C\C/C=C\C/C=C\C/C=C\C/C=C\CCCCCC(=O)OC(COC(=O)CCCCCCC/C=C\C/C=C\CCC)COC(=O)CCCCCCCCCCCC/C=C\C/C=C\C/C=C\CCCCCCC. The third-order valence-corrected chi connectivity index (χ3v) is 12.9. The zero-order valence-corrected chi connectivity index (χ0v) is 48.8. The summed E-state index contributed by atoms with van der Waals surface area (Å²) in [5.74, 6) is -0.950. The fraction of sp³-hybridized carbons (Fsp3) is 0.667. The van der Waals surface area contributed by atoms with Gasteiger partial charge in [-0.15, -0.1) is 0 Å². The second-order valence-electron chi connectivity index (χ2n) is 20.2. The summed E-state index contributed by atoms with van der Waals surface area (Å²) in [4.78, 5) is 38.2. The van der Waals surface area contributed by atoms with E-state index in [1.807, 2.05) is 0 Å². The van der Waals surface area contributed by atoms with Crippen LogP contribution in [0, 0.1) is 0 Å². The average molecular weight is 1040 g/mol. The van der Waals surface area contributed by atoms with Crippen LogP contribution in [0.2, 0.25) is 0 Å². The third kappa shape index (κ3) is 60.6. The quantitative estimate of drug-likeness (QED) is 0.0261. The number of rotatable bonds is 55. The molecular formula is C69H114O6. The molecular weight excluding hydrogens is 925 g/mol. The molecule has 0 fully saturated rings. The van der Waals surface area contributed by atoms with Crippen molar-refractivity contribution in [3.63, 3.8) is 0 Å². The number of hydrogen-bond acceptors (Lipinski definition) is 6. The van der Waals surface area contributed by atoms with E-state index in [2.05, 4.69) is 142 Å². The van der Waals surface area contributed by atoms with Crippen LogP contribution >= 0.6 is 0 Å². The second kappa shape index (κ2) is 62.4. The van der Waals surface area contributed by atoms with Gasteiger partial charge in [0.25, 0.3) is 0 Å². The highest BCUT2D eigenvalue weighted by atomic mass is 16.6. The van der Waals surface area contributed by atoms with E-state index in [4.69, 9.17) is 14.2 Å². The first-order valence-electron chi connectivity index (χ1n) is 31.0. The van der Waals surface area contributed by atoms with Gasteiger partial charge in [0.15, 0.2) is 6.10 Å². The van der Waals surface area contributed by atoms with Gasteiger partial charge in [-0.3, -0.25) is 14.4 Å². The molecule has 6 nitrogen and oxygen atoms in total. The van der Waals surface area contributed by atoms with Gasteiger partial charge < -0.3 is 14.2 Å². The maximum absolute atomic E-state index is 12.9. The van der Waals surface area contributed by atoms with Crippen molar-refractivity contribution < 1.29 is 28.6 Å². The van der Waals surface area contributed by atoms with E-state index in [0.29, 0.717) is 12.8 Å². The van der Waals surface area contributed by atoms with Crippen molar-refractivity contribution in [2.45, 2.75) is 284 Å². The van der Waals surface area contributed by atoms with Crippen LogP contribution in [0.15, 0.2) is 122 Å². The Kier molecular flexibility index (Phi) is 58.9. The summed E-state index contributed by atoms with van der Waals surface area (Å²) in [7, 11) is 0. The summed E-state index contributed by atoms with van der Waals surface area (Å²) < 4.78 is 16.9. The van der Waals surface area contributed by atoms with E-state index < -0.39 is 6.10 Å². The number of esters is 3. The molecule has 0 bridgehead atoms. The van der Waals surface area contributed by atoms with Gasteiger partial charge in [-0.2, -0.15) is 0 Å². The van der Waals surface area contributed by atoms with E-state index in [-0.39, 0.29) is 37.5 Å². The lowest BCUT2D eigenvalue weighted by molar-refractivity contribution is -0.167. The molecule has 0 radical (unpaired) electrons. The number of carbonyl (C=O) groups is 3. The smallest absolute Gasteiger partial charge is 0.306 e. The summed E-state index contributed by atoms with van der Waals surface area (Å²) in [5.41, 5.74) is 0. The Morgan fingerprint density at radius 3 is 0.880 bits per heavy atom. The molecule has 1 unspecified atom stereocenters. The van der Waals surface area contributed by atoms with Crippen LogP contribution in [0.3, 0.4) is 0 Å². The van der Waals surface area contributed by atoms with E-state index in [1.54, 1.807) is 0 Å². The van der Waals surface area contributed by atoms with E-state index >= 15 is 0 Å². The monoisotopic (exact) mass is 1040 g/mol. The third-order valence-electron chi connectivity index (χ3n) is 12.9. The summed E-state index contributed by atoms with van der Waals surface area (Å²) in [5, 5.41) is 0. The number of ether oxygens (including phenoxy) is 3. The Hall–Kier alpha value is -4.19. The predicted molar refractivity (Wildman–Crippen MR) is 325 cm³/mol. The van der Waals surface area contributed by atoms with Gasteiger partial charge in [0.05, 0.1) is 0 Å². The molecule has 0 saturated carbocycles. The maximum Gasteiger partial charge on any atom is 0.306 e. The molecule has 0 aromatic carbocycles. The predicted octanol–water partition coefficient (Wildman–Crippen LogP) is 21.2. The van der Waals surface area contributed by atoms with Crippen LogP contribution in [0.25, 0.3) is 0 Å². The summed E-state index contributed by atoms with van der Waals surface area (Å²) in [6, 6.07) is 0. The van der Waals surface area contributed by atoms with Crippen molar-refractivity contribution in [2.24, 2.45) is 0 Å². The van der Waals surface area contributed by atoms with Crippen molar-refractivity contribution in [3.05, 3.63) is 122 Å². The zero-order chi connectivity index (χ0) is 54.3. The van der Waals surface area contributed by atoms with Crippen LogP contribution in [0.1, 0.15) is 278 Å². The van der Waals surface area contributed by atoms with Crippen molar-refractivity contribution in [1.29, 1.82) is 0 Å². The zero-order valence-electron chi connectivity index (χ0n) is 48.8. The Balaban J connectivity index is 4.40. The molecule has 0 saturated heterocycles. The molecule has 426 valence electrons. The first-order chi connectivity index (χ1) is 37.0. The molecule has 1 atom stereocenters. The average Bonchev–Trinajstić information content (AvgIpc) is 3.41. The Labute approximate surface area is 462 Å². The molecule has 0 aliphatic heterocycles. The molecule has 75 heavy (non-hydrogen) atoms. The maximum atomic E-state index is 12.9. The van der Waals surface area contributed by atoms with Crippen molar-refractivity contribution >= 4 is 17.9 Å². The number of unbranched alkanes of at least 4 members (excludes halogenated alkanes) is 24. The van der Waals surface area contributed by atoms with E-state index in [1.165, 1.54) is 96.3 Å². The Bertz CT molecular complexity index is 1570. The fourth-order valence-corrected chi connectivity index (χ4v) is 8.28. The van der Waals surface area contributed by atoms with Gasteiger partial charge in [-0.05, 0) is 128 Å². The Morgan fingerprint density at radius 1 is 0.280 bits per heavy atom. The summed E-state index contributed by atoms with van der Waals surface area (Å²) in [6.45, 7) is 6.41. The standard InChI is InChI=1S/C69H114O6/c1-4-7-10-13-16-19-22-25-27-29-31-32-33-34-35-36-38-39-41-44-47-50-53-56-59-62-68(71)74-65-66(64-73-67(70)61-58-55-52-49-46-43-24-21-18-15-12-9-6-3)75-69(72)63-60-57-54-51-48-45-42-40-37-30-28-26-23-20-17-14-11-8-5-2/h8,11-12,15,17,20-22,24-26,28-29,31,33-34,37,40,45,48,66H,4-7,9-10,13-14,16,18-19,23,27,30,32,35-36,38-39,41-44,46-47,49-65H2,1-3H3/b11-8-,15-12-,20-17-,24-21-,25-22-,28-26-,31-29-,34-33-,40-37-,48-45-. The van der Waals surface area contributed by atoms with E-state index in [9.17, 15) is 14.4 Å². The Morgan fingerprint density at radius 2 is 0.547 bits per heavy atom. The van der Waals surface area contributed by atoms with Crippen molar-refractivity contribution in [1.82, 2.24) is 0 Å². The van der Waals surface area contributed by atoms with Gasteiger partial charge in [0.1, 0.15) is 13.2 Å². The molecule has 0 aliphatic carbocycles. The molecule has 0 heterocycles. The van der Waals surface area contributed by atoms with Gasteiger partial charge in [-0.25, -0.2) is 0 Å². The lowest BCUT2D eigenvalue weighted by Gasteiger charge is -2.18. The largest absolute Gasteiger partial charge is 0.462 e. The minimum absolute atomic E-state index is 0.101. The molecule has 0 rings (SSSR count). The van der Waals surface area contributed by atoms with Crippen molar-refractivity contribution in [2.75, 3.05) is 13.2 Å². The topological polar surface area (TPSA) is 78.9 Å². The lowest BCUT2D eigenvalue weighted by Crippen LogP contribution is -2.30. The molecule has 0 aliphatic rings. The van der Waals surface area contributed by atoms with Crippen LogP contribution in [-0.2, 0) is 28.6 Å². The first-order valence-corrected chi connectivity index (χ1v) is 31.0. The minimum atomic E-state index is -0.808. The summed E-state index contributed by atoms with van der Waals surface area (Å²) in [6.07, 6.45) is 86.3.